The second-order valence-corrected chi connectivity index (χ2v) is 3.17. The van der Waals surface area contributed by atoms with Crippen molar-refractivity contribution < 1.29 is 14.2 Å². The average molecular weight is 182 g/mol. The van der Waals surface area contributed by atoms with E-state index in [2.05, 4.69) is 0 Å². The Morgan fingerprint density at radius 2 is 2.23 bits per heavy atom. The van der Waals surface area contributed by atoms with Gasteiger partial charge in [-0.15, -0.1) is 0 Å². The second kappa shape index (κ2) is 3.34. The molecule has 1 aromatic carbocycles. The molecule has 0 radical (unpaired) electrons. The minimum atomic E-state index is -1.10. The predicted molar refractivity (Wildman–Crippen MR) is 46.5 cm³/mol. The zero-order valence-corrected chi connectivity index (χ0v) is 7.11. The van der Waals surface area contributed by atoms with E-state index in [0.717, 1.165) is 5.56 Å². The molecule has 0 fully saturated rings. The Bertz CT molecular complexity index is 301. The Morgan fingerprint density at radius 1 is 1.46 bits per heavy atom. The first-order chi connectivity index (χ1) is 6.31. The third kappa shape index (κ3) is 1.52. The first kappa shape index (κ1) is 8.51. The number of para-hydroxylation sites is 1. The highest BCUT2D eigenvalue weighted by Crippen LogP contribution is 2.28. The van der Waals surface area contributed by atoms with Crippen LogP contribution in [0.2, 0.25) is 0 Å². The van der Waals surface area contributed by atoms with Crippen LogP contribution in [0.15, 0.2) is 24.3 Å². The van der Waals surface area contributed by atoms with Crippen molar-refractivity contribution in [3.63, 3.8) is 0 Å². The molecular weight excluding hydrogens is 171 g/mol. The number of ether oxygens (including phenoxy) is 1. The molecule has 2 unspecified atom stereocenters. The summed E-state index contributed by atoms with van der Waals surface area (Å²) in [6.45, 7) is -0.268. The maximum absolute atomic E-state index is 13.2. The van der Waals surface area contributed by atoms with Crippen molar-refractivity contribution in [2.24, 2.45) is 0 Å². The number of aliphatic hydroxyl groups is 1. The van der Waals surface area contributed by atoms with E-state index in [9.17, 15) is 4.39 Å². The lowest BCUT2D eigenvalue weighted by Crippen LogP contribution is -2.37. The van der Waals surface area contributed by atoms with E-state index < -0.39 is 12.3 Å². The number of benzene rings is 1. The molecule has 0 saturated heterocycles. The first-order valence-electron chi connectivity index (χ1n) is 4.31. The van der Waals surface area contributed by atoms with E-state index in [1.807, 2.05) is 18.2 Å². The highest BCUT2D eigenvalue weighted by atomic mass is 19.1. The fourth-order valence-electron chi connectivity index (χ4n) is 1.52. The second-order valence-electron chi connectivity index (χ2n) is 3.17. The topological polar surface area (TPSA) is 29.5 Å². The van der Waals surface area contributed by atoms with Crippen LogP contribution >= 0.6 is 0 Å². The van der Waals surface area contributed by atoms with Crippen LogP contribution in [-0.2, 0) is 6.42 Å². The molecule has 1 N–H and O–H groups in total. The van der Waals surface area contributed by atoms with Crippen molar-refractivity contribution in [1.29, 1.82) is 0 Å². The van der Waals surface area contributed by atoms with Crippen molar-refractivity contribution in [1.82, 2.24) is 0 Å². The number of fused-ring (bicyclic) bond motifs is 1. The van der Waals surface area contributed by atoms with Crippen molar-refractivity contribution in [3.05, 3.63) is 29.8 Å². The molecule has 70 valence electrons. The number of alkyl halides is 1. The van der Waals surface area contributed by atoms with Crippen LogP contribution in [0.4, 0.5) is 4.39 Å². The lowest BCUT2D eigenvalue weighted by Gasteiger charge is -2.27. The Kier molecular flexibility index (Phi) is 2.19. The van der Waals surface area contributed by atoms with Gasteiger partial charge in [-0.2, -0.15) is 0 Å². The van der Waals surface area contributed by atoms with Gasteiger partial charge < -0.3 is 9.84 Å². The van der Waals surface area contributed by atoms with Gasteiger partial charge in [0.05, 0.1) is 6.61 Å². The number of hydrogen-bond acceptors (Lipinski definition) is 2. The molecule has 1 heterocycles. The van der Waals surface area contributed by atoms with E-state index in [1.54, 1.807) is 6.07 Å². The van der Waals surface area contributed by atoms with Crippen LogP contribution < -0.4 is 4.74 Å². The molecular formula is C10H11FO2. The molecule has 13 heavy (non-hydrogen) atoms. The zero-order chi connectivity index (χ0) is 9.26. The molecule has 0 amide bonds. The summed E-state index contributed by atoms with van der Waals surface area (Å²) >= 11 is 0. The van der Waals surface area contributed by atoms with Gasteiger partial charge in [0, 0.05) is 6.42 Å². The quantitative estimate of drug-likeness (QED) is 0.709. The van der Waals surface area contributed by atoms with Crippen molar-refractivity contribution in [2.75, 3.05) is 6.61 Å². The van der Waals surface area contributed by atoms with Gasteiger partial charge in [0.1, 0.15) is 11.9 Å². The van der Waals surface area contributed by atoms with Crippen LogP contribution in [0.3, 0.4) is 0 Å². The van der Waals surface area contributed by atoms with Crippen molar-refractivity contribution in [3.8, 4) is 5.75 Å². The maximum Gasteiger partial charge on any atom is 0.153 e. The molecule has 0 saturated carbocycles. The largest absolute Gasteiger partial charge is 0.485 e. The predicted octanol–water partition coefficient (Wildman–Crippen LogP) is 1.32. The van der Waals surface area contributed by atoms with Crippen LogP contribution in [0, 0.1) is 0 Å². The minimum absolute atomic E-state index is 0.268. The summed E-state index contributed by atoms with van der Waals surface area (Å²) in [6.07, 6.45) is -1.46. The lowest BCUT2D eigenvalue weighted by molar-refractivity contribution is 0.0343. The molecule has 0 aliphatic carbocycles. The summed E-state index contributed by atoms with van der Waals surface area (Å²) in [5, 5.41) is 8.82. The summed E-state index contributed by atoms with van der Waals surface area (Å²) in [7, 11) is 0. The van der Waals surface area contributed by atoms with E-state index >= 15 is 0 Å². The van der Waals surface area contributed by atoms with Crippen molar-refractivity contribution in [2.45, 2.75) is 18.7 Å². The SMILES string of the molecule is OCC1Oc2ccccc2CC1F. The van der Waals surface area contributed by atoms with Crippen LogP contribution in [0.5, 0.6) is 5.75 Å². The number of hydrogen-bond donors (Lipinski definition) is 1. The monoisotopic (exact) mass is 182 g/mol. The summed E-state index contributed by atoms with van der Waals surface area (Å²) in [6, 6.07) is 7.33. The van der Waals surface area contributed by atoms with Crippen LogP contribution in [-0.4, -0.2) is 24.0 Å². The van der Waals surface area contributed by atoms with Gasteiger partial charge in [-0.1, -0.05) is 18.2 Å². The smallest absolute Gasteiger partial charge is 0.153 e. The van der Waals surface area contributed by atoms with Gasteiger partial charge in [0.15, 0.2) is 6.10 Å². The summed E-state index contributed by atoms with van der Waals surface area (Å²) in [5.41, 5.74) is 0.875. The van der Waals surface area contributed by atoms with E-state index in [0.29, 0.717) is 12.2 Å². The summed E-state index contributed by atoms with van der Waals surface area (Å²) in [5.74, 6) is 0.690. The Balaban J connectivity index is 2.27. The fourth-order valence-corrected chi connectivity index (χ4v) is 1.52. The molecule has 2 rings (SSSR count). The van der Waals surface area contributed by atoms with Gasteiger partial charge in [0.25, 0.3) is 0 Å². The Hall–Kier alpha value is -1.09. The number of halogens is 1. The molecule has 2 atom stereocenters. The number of aliphatic hydroxyl groups excluding tert-OH is 1. The van der Waals surface area contributed by atoms with Gasteiger partial charge >= 0.3 is 0 Å². The minimum Gasteiger partial charge on any atom is -0.485 e. The standard InChI is InChI=1S/C10H11FO2/c11-8-5-7-3-1-2-4-9(7)13-10(8)6-12/h1-4,8,10,12H,5-6H2. The molecule has 0 spiro atoms. The number of rotatable bonds is 1. The third-order valence-electron chi connectivity index (χ3n) is 2.25. The van der Waals surface area contributed by atoms with Gasteiger partial charge in [-0.3, -0.25) is 0 Å². The van der Waals surface area contributed by atoms with E-state index in [1.165, 1.54) is 0 Å². The summed E-state index contributed by atoms with van der Waals surface area (Å²) in [4.78, 5) is 0. The molecule has 1 aliphatic heterocycles. The fraction of sp³-hybridized carbons (Fsp3) is 0.400. The maximum atomic E-state index is 13.2. The lowest BCUT2D eigenvalue weighted by atomic mass is 10.0. The Labute approximate surface area is 76.0 Å². The van der Waals surface area contributed by atoms with Gasteiger partial charge in [-0.25, -0.2) is 4.39 Å². The van der Waals surface area contributed by atoms with Crippen LogP contribution in [0.1, 0.15) is 5.56 Å². The third-order valence-corrected chi connectivity index (χ3v) is 2.25. The summed E-state index contributed by atoms with van der Waals surface area (Å²) < 4.78 is 18.5. The first-order valence-corrected chi connectivity index (χ1v) is 4.31. The van der Waals surface area contributed by atoms with Crippen LogP contribution in [0.25, 0.3) is 0 Å². The molecule has 2 nitrogen and oxygen atoms in total. The molecule has 1 aliphatic rings. The van der Waals surface area contributed by atoms with Gasteiger partial charge in [0.2, 0.25) is 0 Å². The molecule has 0 bridgehead atoms. The molecule has 3 heteroatoms. The Morgan fingerprint density at radius 3 is 3.00 bits per heavy atom. The highest BCUT2D eigenvalue weighted by molar-refractivity contribution is 5.36. The average Bonchev–Trinajstić information content (AvgIpc) is 2.17. The zero-order valence-electron chi connectivity index (χ0n) is 7.11. The van der Waals surface area contributed by atoms with E-state index in [4.69, 9.17) is 9.84 Å². The molecule has 0 aromatic heterocycles. The molecule has 1 aromatic rings. The normalized spacial score (nSPS) is 26.3. The van der Waals surface area contributed by atoms with E-state index in [-0.39, 0.29) is 6.61 Å². The van der Waals surface area contributed by atoms with Gasteiger partial charge in [-0.05, 0) is 11.6 Å². The van der Waals surface area contributed by atoms with Crippen molar-refractivity contribution >= 4 is 0 Å². The highest BCUT2D eigenvalue weighted by Gasteiger charge is 2.28.